The van der Waals surface area contributed by atoms with Crippen LogP contribution in [0.25, 0.3) is 21.9 Å². The maximum atomic E-state index is 14.0. The van der Waals surface area contributed by atoms with Crippen LogP contribution in [0.1, 0.15) is 6.92 Å². The number of nitrogens with one attached hydrogen (secondary N) is 1. The van der Waals surface area contributed by atoms with Crippen molar-refractivity contribution >= 4 is 33.5 Å². The number of halogens is 1. The Morgan fingerprint density at radius 3 is 2.47 bits per heavy atom. The summed E-state index contributed by atoms with van der Waals surface area (Å²) in [4.78, 5) is 24.8. The molecule has 0 fully saturated rings. The van der Waals surface area contributed by atoms with Crippen LogP contribution in [0, 0.1) is 5.82 Å². The predicted octanol–water partition coefficient (Wildman–Crippen LogP) is 4.50. The van der Waals surface area contributed by atoms with Gasteiger partial charge in [0, 0.05) is 11.8 Å². The number of rotatable bonds is 6. The quantitative estimate of drug-likeness (QED) is 0.476. The van der Waals surface area contributed by atoms with Gasteiger partial charge in [-0.25, -0.2) is 4.39 Å². The van der Waals surface area contributed by atoms with E-state index in [0.717, 1.165) is 5.75 Å². The average Bonchev–Trinajstić information content (AvgIpc) is 2.74. The molecule has 6 nitrogen and oxygen atoms in total. The summed E-state index contributed by atoms with van der Waals surface area (Å²) in [5, 5.41) is 3.15. The zero-order chi connectivity index (χ0) is 21.1. The Morgan fingerprint density at radius 1 is 1.00 bits per heavy atom. The van der Waals surface area contributed by atoms with Crippen LogP contribution in [0.15, 0.2) is 69.9 Å². The van der Waals surface area contributed by atoms with Gasteiger partial charge in [-0.2, -0.15) is 0 Å². The zero-order valence-corrected chi connectivity index (χ0v) is 16.1. The molecule has 4 aromatic rings. The van der Waals surface area contributed by atoms with E-state index in [2.05, 4.69) is 5.32 Å². The normalized spacial score (nSPS) is 10.9. The monoisotopic (exact) mass is 407 g/mol. The van der Waals surface area contributed by atoms with Crippen LogP contribution in [0.2, 0.25) is 0 Å². The van der Waals surface area contributed by atoms with Crippen LogP contribution in [-0.2, 0) is 4.79 Å². The van der Waals surface area contributed by atoms with Crippen LogP contribution in [0.4, 0.5) is 10.1 Å². The van der Waals surface area contributed by atoms with Crippen molar-refractivity contribution < 1.29 is 23.1 Å². The van der Waals surface area contributed by atoms with Gasteiger partial charge >= 0.3 is 0 Å². The molecule has 0 unspecified atom stereocenters. The SMILES string of the molecule is CCOc1ccc(OCC(=O)Nc2ccc3c(=O)c4cccc(F)c4oc3c2)cc1. The third-order valence-electron chi connectivity index (χ3n) is 4.44. The lowest BCUT2D eigenvalue weighted by molar-refractivity contribution is -0.118. The highest BCUT2D eigenvalue weighted by Crippen LogP contribution is 2.23. The summed E-state index contributed by atoms with van der Waals surface area (Å²) >= 11 is 0. The lowest BCUT2D eigenvalue weighted by Crippen LogP contribution is -2.20. The molecule has 0 atom stereocenters. The molecule has 0 radical (unpaired) electrons. The fourth-order valence-corrected chi connectivity index (χ4v) is 3.06. The minimum Gasteiger partial charge on any atom is -0.494 e. The van der Waals surface area contributed by atoms with E-state index in [1.807, 2.05) is 6.92 Å². The lowest BCUT2D eigenvalue weighted by Gasteiger charge is -2.09. The number of carbonyl (C=O) groups is 1. The molecule has 0 saturated heterocycles. The topological polar surface area (TPSA) is 77.8 Å². The van der Waals surface area contributed by atoms with Crippen molar-refractivity contribution in [3.63, 3.8) is 0 Å². The van der Waals surface area contributed by atoms with Crippen molar-refractivity contribution in [1.29, 1.82) is 0 Å². The third kappa shape index (κ3) is 3.96. The van der Waals surface area contributed by atoms with Crippen molar-refractivity contribution in [2.45, 2.75) is 6.92 Å². The van der Waals surface area contributed by atoms with Gasteiger partial charge in [-0.3, -0.25) is 9.59 Å². The summed E-state index contributed by atoms with van der Waals surface area (Å²) < 4.78 is 30.4. The van der Waals surface area contributed by atoms with E-state index in [-0.39, 0.29) is 28.6 Å². The van der Waals surface area contributed by atoms with E-state index in [4.69, 9.17) is 13.9 Å². The smallest absolute Gasteiger partial charge is 0.262 e. The first-order valence-corrected chi connectivity index (χ1v) is 9.36. The van der Waals surface area contributed by atoms with E-state index >= 15 is 0 Å². The van der Waals surface area contributed by atoms with Gasteiger partial charge in [0.25, 0.3) is 5.91 Å². The van der Waals surface area contributed by atoms with E-state index in [0.29, 0.717) is 23.4 Å². The second kappa shape index (κ2) is 8.24. The number of anilines is 1. The fraction of sp³-hybridized carbons (Fsp3) is 0.130. The molecule has 0 aliphatic heterocycles. The number of benzene rings is 3. The first-order chi connectivity index (χ1) is 14.5. The second-order valence-electron chi connectivity index (χ2n) is 6.50. The number of hydrogen-bond acceptors (Lipinski definition) is 5. The lowest BCUT2D eigenvalue weighted by atomic mass is 10.1. The van der Waals surface area contributed by atoms with Crippen molar-refractivity contribution in [3.05, 3.63) is 76.7 Å². The number of hydrogen-bond donors (Lipinski definition) is 1. The Hall–Kier alpha value is -3.87. The Morgan fingerprint density at radius 2 is 1.73 bits per heavy atom. The van der Waals surface area contributed by atoms with Gasteiger partial charge in [-0.1, -0.05) is 6.07 Å². The molecular formula is C23H18FNO5. The molecule has 152 valence electrons. The minimum absolute atomic E-state index is 0.114. The van der Waals surface area contributed by atoms with Crippen molar-refractivity contribution in [2.24, 2.45) is 0 Å². The van der Waals surface area contributed by atoms with Gasteiger partial charge in [-0.05, 0) is 55.5 Å². The molecular weight excluding hydrogens is 389 g/mol. The van der Waals surface area contributed by atoms with Crippen LogP contribution >= 0.6 is 0 Å². The van der Waals surface area contributed by atoms with E-state index in [9.17, 15) is 14.0 Å². The largest absolute Gasteiger partial charge is 0.494 e. The summed E-state index contributed by atoms with van der Waals surface area (Å²) in [6.07, 6.45) is 0. The minimum atomic E-state index is -0.621. The highest BCUT2D eigenvalue weighted by molar-refractivity contribution is 5.96. The maximum absolute atomic E-state index is 14.0. The standard InChI is InChI=1S/C23H18FNO5/c1-2-28-15-7-9-16(10-8-15)29-13-21(26)25-14-6-11-17-20(12-14)30-23-18(22(17)27)4-3-5-19(23)24/h3-12H,2,13H2,1H3,(H,25,26). The van der Waals surface area contributed by atoms with Gasteiger partial charge in [0.1, 0.15) is 17.1 Å². The number of ether oxygens (including phenoxy) is 2. The van der Waals surface area contributed by atoms with E-state index in [1.165, 1.54) is 30.3 Å². The number of fused-ring (bicyclic) bond motifs is 2. The van der Waals surface area contributed by atoms with Crippen molar-refractivity contribution in [1.82, 2.24) is 0 Å². The van der Waals surface area contributed by atoms with Crippen molar-refractivity contribution in [2.75, 3.05) is 18.5 Å². The first kappa shape index (κ1) is 19.4. The summed E-state index contributed by atoms with van der Waals surface area (Å²) in [7, 11) is 0. The van der Waals surface area contributed by atoms with Crippen LogP contribution in [0.5, 0.6) is 11.5 Å². The van der Waals surface area contributed by atoms with Crippen LogP contribution < -0.4 is 20.2 Å². The average molecular weight is 407 g/mol. The highest BCUT2D eigenvalue weighted by Gasteiger charge is 2.12. The molecule has 1 aromatic heterocycles. The molecule has 0 aliphatic rings. The molecule has 30 heavy (non-hydrogen) atoms. The molecule has 1 N–H and O–H groups in total. The van der Waals surface area contributed by atoms with Gasteiger partial charge in [0.2, 0.25) is 5.43 Å². The fourth-order valence-electron chi connectivity index (χ4n) is 3.06. The van der Waals surface area contributed by atoms with Crippen molar-refractivity contribution in [3.8, 4) is 11.5 Å². The van der Waals surface area contributed by atoms with Gasteiger partial charge < -0.3 is 19.2 Å². The van der Waals surface area contributed by atoms with E-state index < -0.39 is 11.7 Å². The third-order valence-corrected chi connectivity index (χ3v) is 4.44. The Labute approximate surface area is 170 Å². The highest BCUT2D eigenvalue weighted by atomic mass is 19.1. The molecule has 3 aromatic carbocycles. The molecule has 0 bridgehead atoms. The molecule has 1 heterocycles. The van der Waals surface area contributed by atoms with E-state index in [1.54, 1.807) is 30.3 Å². The Bertz CT molecular complexity index is 1280. The zero-order valence-electron chi connectivity index (χ0n) is 16.1. The number of para-hydroxylation sites is 1. The summed E-state index contributed by atoms with van der Waals surface area (Å²) in [6, 6.07) is 15.7. The molecule has 4 rings (SSSR count). The van der Waals surface area contributed by atoms with Crippen LogP contribution in [0.3, 0.4) is 0 Å². The molecule has 0 aliphatic carbocycles. The van der Waals surface area contributed by atoms with Gasteiger partial charge in [0.15, 0.2) is 18.0 Å². The summed E-state index contributed by atoms with van der Waals surface area (Å²) in [6.45, 7) is 2.25. The molecule has 0 spiro atoms. The van der Waals surface area contributed by atoms with Gasteiger partial charge in [-0.15, -0.1) is 0 Å². The summed E-state index contributed by atoms with van der Waals surface area (Å²) in [5.74, 6) is 0.234. The molecule has 0 saturated carbocycles. The Balaban J connectivity index is 1.49. The molecule has 1 amide bonds. The number of amides is 1. The first-order valence-electron chi connectivity index (χ1n) is 9.36. The summed E-state index contributed by atoms with van der Waals surface area (Å²) in [5.41, 5.74) is 0.143. The molecule has 7 heteroatoms. The van der Waals surface area contributed by atoms with Gasteiger partial charge in [0.05, 0.1) is 17.4 Å². The predicted molar refractivity (Wildman–Crippen MR) is 112 cm³/mol. The maximum Gasteiger partial charge on any atom is 0.262 e. The second-order valence-corrected chi connectivity index (χ2v) is 6.50. The van der Waals surface area contributed by atoms with Crippen LogP contribution in [-0.4, -0.2) is 19.1 Å². The Kier molecular flexibility index (Phi) is 5.34. The number of carbonyl (C=O) groups excluding carboxylic acids is 1.